The van der Waals surface area contributed by atoms with Crippen LogP contribution in [0.5, 0.6) is 0 Å². The second-order valence-corrected chi connectivity index (χ2v) is 7.32. The number of aromatic nitrogens is 2. The van der Waals surface area contributed by atoms with Gasteiger partial charge in [0.05, 0.1) is 0 Å². The van der Waals surface area contributed by atoms with E-state index in [1.54, 1.807) is 11.1 Å². The molecule has 1 aliphatic heterocycles. The molecule has 1 unspecified atom stereocenters. The van der Waals surface area contributed by atoms with Gasteiger partial charge < -0.3 is 9.80 Å². The highest BCUT2D eigenvalue weighted by atomic mass is 19.3. The molecule has 5 nitrogen and oxygen atoms in total. The summed E-state index contributed by atoms with van der Waals surface area (Å²) in [6.45, 7) is 8.28. The van der Waals surface area contributed by atoms with Gasteiger partial charge in [0, 0.05) is 44.2 Å². The lowest BCUT2D eigenvalue weighted by Gasteiger charge is -2.35. The average molecular weight is 324 g/mol. The zero-order valence-electron chi connectivity index (χ0n) is 13.7. The Balaban J connectivity index is 1.62. The molecule has 0 N–H and O–H groups in total. The fraction of sp³-hybridized carbons (Fsp3) is 0.688. The third kappa shape index (κ3) is 3.28. The maximum atomic E-state index is 13.0. The molecule has 1 saturated carbocycles. The topological polar surface area (TPSA) is 49.3 Å². The number of hydrogen-bond acceptors (Lipinski definition) is 4. The van der Waals surface area contributed by atoms with Crippen molar-refractivity contribution in [3.05, 3.63) is 18.1 Å². The van der Waals surface area contributed by atoms with Crippen LogP contribution in [0.3, 0.4) is 0 Å². The van der Waals surface area contributed by atoms with Gasteiger partial charge in [-0.25, -0.2) is 18.7 Å². The maximum absolute atomic E-state index is 13.0. The van der Waals surface area contributed by atoms with Gasteiger partial charge in [-0.3, -0.25) is 4.79 Å². The van der Waals surface area contributed by atoms with Crippen LogP contribution < -0.4 is 4.90 Å². The van der Waals surface area contributed by atoms with Gasteiger partial charge in [-0.2, -0.15) is 0 Å². The third-order valence-corrected chi connectivity index (χ3v) is 4.35. The molecule has 7 heteroatoms. The zero-order valence-corrected chi connectivity index (χ0v) is 13.7. The zero-order chi connectivity index (χ0) is 16.8. The molecule has 0 aromatic carbocycles. The van der Waals surface area contributed by atoms with Crippen LogP contribution in [0.1, 0.15) is 33.0 Å². The number of anilines is 1. The monoisotopic (exact) mass is 324 g/mol. The van der Waals surface area contributed by atoms with Gasteiger partial charge >= 0.3 is 0 Å². The average Bonchev–Trinajstić information content (AvgIpc) is 3.15. The lowest BCUT2D eigenvalue weighted by molar-refractivity contribution is -0.135. The first kappa shape index (κ1) is 16.1. The molecule has 1 amide bonds. The fourth-order valence-corrected chi connectivity index (χ4v) is 2.74. The molecular weight excluding hydrogens is 302 g/mol. The Morgan fingerprint density at radius 2 is 1.87 bits per heavy atom. The minimum atomic E-state index is -2.79. The van der Waals surface area contributed by atoms with Crippen molar-refractivity contribution < 1.29 is 13.6 Å². The summed E-state index contributed by atoms with van der Waals surface area (Å²) in [5.74, 6) is -2.70. The van der Waals surface area contributed by atoms with Crippen molar-refractivity contribution in [2.24, 2.45) is 5.92 Å². The first-order valence-electron chi connectivity index (χ1n) is 7.93. The quantitative estimate of drug-likeness (QED) is 0.836. The van der Waals surface area contributed by atoms with Gasteiger partial charge in [0.1, 0.15) is 17.6 Å². The maximum Gasteiger partial charge on any atom is 0.260 e. The molecule has 126 valence electrons. The lowest BCUT2D eigenvalue weighted by Crippen LogP contribution is -2.50. The number of carbonyl (C=O) groups is 1. The molecule has 3 rings (SSSR count). The van der Waals surface area contributed by atoms with Crippen molar-refractivity contribution in [1.82, 2.24) is 14.9 Å². The van der Waals surface area contributed by atoms with Crippen LogP contribution in [0, 0.1) is 5.92 Å². The van der Waals surface area contributed by atoms with Crippen molar-refractivity contribution in [3.8, 4) is 0 Å². The second-order valence-electron chi connectivity index (χ2n) is 7.32. The first-order chi connectivity index (χ1) is 10.7. The fourth-order valence-electron chi connectivity index (χ4n) is 2.74. The molecule has 0 radical (unpaired) electrons. The molecule has 1 aromatic heterocycles. The van der Waals surface area contributed by atoms with E-state index in [0.717, 1.165) is 11.6 Å². The van der Waals surface area contributed by atoms with Gasteiger partial charge in [0.25, 0.3) is 5.92 Å². The number of carbonyl (C=O) groups excluding carboxylic acids is 1. The number of rotatable bonds is 2. The van der Waals surface area contributed by atoms with E-state index in [9.17, 15) is 13.6 Å². The number of amides is 1. The number of halogens is 2. The Bertz CT molecular complexity index is 606. The Hall–Kier alpha value is -1.79. The van der Waals surface area contributed by atoms with Crippen molar-refractivity contribution in [2.75, 3.05) is 31.1 Å². The van der Waals surface area contributed by atoms with Gasteiger partial charge in [-0.1, -0.05) is 20.8 Å². The van der Waals surface area contributed by atoms with Crippen LogP contribution in [0.2, 0.25) is 0 Å². The van der Waals surface area contributed by atoms with Crippen molar-refractivity contribution in [3.63, 3.8) is 0 Å². The molecule has 1 aliphatic carbocycles. The van der Waals surface area contributed by atoms with Gasteiger partial charge in [0.2, 0.25) is 5.91 Å². The lowest BCUT2D eigenvalue weighted by atomic mass is 9.96. The summed E-state index contributed by atoms with van der Waals surface area (Å²) in [6.07, 6.45) is 1.44. The summed E-state index contributed by atoms with van der Waals surface area (Å²) in [4.78, 5) is 24.5. The Morgan fingerprint density at radius 3 is 2.39 bits per heavy atom. The van der Waals surface area contributed by atoms with Gasteiger partial charge in [-0.15, -0.1) is 0 Å². The summed E-state index contributed by atoms with van der Waals surface area (Å²) >= 11 is 0. The number of alkyl halides is 2. The summed E-state index contributed by atoms with van der Waals surface area (Å²) in [5.41, 5.74) is -0.134. The van der Waals surface area contributed by atoms with E-state index in [2.05, 4.69) is 35.6 Å². The van der Waals surface area contributed by atoms with Crippen molar-refractivity contribution in [2.45, 2.75) is 38.5 Å². The number of hydrogen-bond donors (Lipinski definition) is 0. The standard InChI is InChI=1S/C16H22F2N4O/c1-15(2,3)14-19-5-4-12(20-14)21-6-8-22(9-7-21)13(23)11-10-16(11,17)18/h4-5,11H,6-10H2,1-3H3. The largest absolute Gasteiger partial charge is 0.353 e. The van der Waals surface area contributed by atoms with E-state index in [1.165, 1.54) is 0 Å². The highest BCUT2D eigenvalue weighted by Crippen LogP contribution is 2.49. The van der Waals surface area contributed by atoms with Crippen LogP contribution in [-0.2, 0) is 10.2 Å². The Kier molecular flexibility index (Phi) is 3.77. The molecule has 23 heavy (non-hydrogen) atoms. The SMILES string of the molecule is CC(C)(C)c1nccc(N2CCN(C(=O)C3CC3(F)F)CC2)n1. The predicted octanol–water partition coefficient (Wildman–Crippen LogP) is 2.08. The highest BCUT2D eigenvalue weighted by molar-refractivity contribution is 5.83. The molecule has 0 spiro atoms. The number of piperazine rings is 1. The minimum Gasteiger partial charge on any atom is -0.353 e. The van der Waals surface area contributed by atoms with Gasteiger partial charge in [0.15, 0.2) is 0 Å². The third-order valence-electron chi connectivity index (χ3n) is 4.35. The van der Waals surface area contributed by atoms with Gasteiger partial charge in [-0.05, 0) is 6.07 Å². The van der Waals surface area contributed by atoms with Crippen LogP contribution in [0.15, 0.2) is 12.3 Å². The predicted molar refractivity (Wildman–Crippen MR) is 82.6 cm³/mol. The normalized spacial score (nSPS) is 23.8. The Morgan fingerprint density at radius 1 is 1.26 bits per heavy atom. The summed E-state index contributed by atoms with van der Waals surface area (Å²) < 4.78 is 26.0. The Labute approximate surface area is 134 Å². The summed E-state index contributed by atoms with van der Waals surface area (Å²) in [5, 5.41) is 0. The summed E-state index contributed by atoms with van der Waals surface area (Å²) in [7, 11) is 0. The minimum absolute atomic E-state index is 0.134. The van der Waals surface area contributed by atoms with Crippen LogP contribution in [-0.4, -0.2) is 52.9 Å². The van der Waals surface area contributed by atoms with E-state index in [1.807, 2.05) is 6.07 Å². The van der Waals surface area contributed by atoms with E-state index < -0.39 is 17.7 Å². The van der Waals surface area contributed by atoms with Crippen molar-refractivity contribution in [1.29, 1.82) is 0 Å². The van der Waals surface area contributed by atoms with Crippen LogP contribution >= 0.6 is 0 Å². The number of nitrogens with zero attached hydrogens (tertiary/aromatic N) is 4. The highest BCUT2D eigenvalue weighted by Gasteiger charge is 2.62. The molecule has 2 aliphatic rings. The summed E-state index contributed by atoms with van der Waals surface area (Å²) in [6, 6.07) is 1.85. The molecule has 1 aromatic rings. The molecule has 1 atom stereocenters. The smallest absolute Gasteiger partial charge is 0.260 e. The van der Waals surface area contributed by atoms with E-state index in [-0.39, 0.29) is 11.8 Å². The van der Waals surface area contributed by atoms with Crippen LogP contribution in [0.25, 0.3) is 0 Å². The van der Waals surface area contributed by atoms with Crippen molar-refractivity contribution >= 4 is 11.7 Å². The molecule has 0 bridgehead atoms. The molecule has 2 heterocycles. The molecule has 2 fully saturated rings. The van der Waals surface area contributed by atoms with E-state index >= 15 is 0 Å². The van der Waals surface area contributed by atoms with E-state index in [0.29, 0.717) is 26.2 Å². The first-order valence-corrected chi connectivity index (χ1v) is 7.93. The molecular formula is C16H22F2N4O. The van der Waals surface area contributed by atoms with E-state index in [4.69, 9.17) is 0 Å². The van der Waals surface area contributed by atoms with Crippen LogP contribution in [0.4, 0.5) is 14.6 Å². The second kappa shape index (κ2) is 5.39. The molecule has 1 saturated heterocycles.